The van der Waals surface area contributed by atoms with Crippen molar-refractivity contribution in [3.63, 3.8) is 0 Å². The van der Waals surface area contributed by atoms with Gasteiger partial charge in [0.2, 0.25) is 11.8 Å². The number of rotatable bonds is 7. The van der Waals surface area contributed by atoms with Gasteiger partial charge >= 0.3 is 0 Å². The van der Waals surface area contributed by atoms with Gasteiger partial charge in [-0.2, -0.15) is 0 Å². The standard InChI is InChI=1S/C19H21FN2O2S/c1-14-3-5-15(6-4-14)11-22(2)19(24)13-25-12-18(23)21-17-9-7-16(20)8-10-17/h3-10H,11-13H2,1-2H3,(H,21,23). The molecule has 0 bridgehead atoms. The number of nitrogens with one attached hydrogen (secondary N) is 1. The zero-order chi connectivity index (χ0) is 18.2. The van der Waals surface area contributed by atoms with Gasteiger partial charge in [0.25, 0.3) is 0 Å². The second kappa shape index (κ2) is 9.22. The minimum absolute atomic E-state index is 0.0276. The van der Waals surface area contributed by atoms with Gasteiger partial charge in [0.1, 0.15) is 5.82 Å². The molecule has 0 fully saturated rings. The van der Waals surface area contributed by atoms with Crippen LogP contribution in [0.2, 0.25) is 0 Å². The van der Waals surface area contributed by atoms with Gasteiger partial charge in [0.15, 0.2) is 0 Å². The molecule has 0 aliphatic rings. The van der Waals surface area contributed by atoms with Gasteiger partial charge in [0, 0.05) is 19.3 Å². The van der Waals surface area contributed by atoms with Crippen LogP contribution < -0.4 is 5.32 Å². The molecule has 2 rings (SSSR count). The molecule has 2 aromatic rings. The zero-order valence-corrected chi connectivity index (χ0v) is 15.1. The highest BCUT2D eigenvalue weighted by molar-refractivity contribution is 8.00. The second-order valence-electron chi connectivity index (χ2n) is 5.78. The van der Waals surface area contributed by atoms with Crippen molar-refractivity contribution in [2.45, 2.75) is 13.5 Å². The number of benzene rings is 2. The van der Waals surface area contributed by atoms with Crippen LogP contribution in [0.15, 0.2) is 48.5 Å². The third-order valence-electron chi connectivity index (χ3n) is 3.55. The van der Waals surface area contributed by atoms with Crippen LogP contribution in [0.25, 0.3) is 0 Å². The van der Waals surface area contributed by atoms with E-state index in [0.29, 0.717) is 12.2 Å². The maximum Gasteiger partial charge on any atom is 0.234 e. The molecule has 2 amide bonds. The molecule has 4 nitrogen and oxygen atoms in total. The topological polar surface area (TPSA) is 49.4 Å². The Morgan fingerprint density at radius 1 is 1.04 bits per heavy atom. The lowest BCUT2D eigenvalue weighted by Crippen LogP contribution is -2.28. The summed E-state index contributed by atoms with van der Waals surface area (Å²) in [5.74, 6) is -0.193. The Morgan fingerprint density at radius 3 is 2.32 bits per heavy atom. The number of thioether (sulfide) groups is 1. The molecular formula is C19H21FN2O2S. The van der Waals surface area contributed by atoms with E-state index < -0.39 is 0 Å². The second-order valence-corrected chi connectivity index (χ2v) is 6.77. The van der Waals surface area contributed by atoms with E-state index in [1.165, 1.54) is 41.6 Å². The zero-order valence-electron chi connectivity index (χ0n) is 14.3. The molecule has 0 unspecified atom stereocenters. The molecule has 6 heteroatoms. The molecule has 0 heterocycles. The van der Waals surface area contributed by atoms with Crippen LogP contribution in [0.1, 0.15) is 11.1 Å². The summed E-state index contributed by atoms with van der Waals surface area (Å²) in [6.07, 6.45) is 0. The molecule has 0 saturated carbocycles. The molecule has 0 spiro atoms. The van der Waals surface area contributed by atoms with Gasteiger partial charge in [-0.3, -0.25) is 9.59 Å². The van der Waals surface area contributed by atoms with Crippen molar-refractivity contribution in [2.75, 3.05) is 23.9 Å². The molecule has 25 heavy (non-hydrogen) atoms. The summed E-state index contributed by atoms with van der Waals surface area (Å²) in [6, 6.07) is 13.6. The third-order valence-corrected chi connectivity index (χ3v) is 4.47. The molecule has 1 N–H and O–H groups in total. The molecule has 0 aliphatic carbocycles. The highest BCUT2D eigenvalue weighted by Crippen LogP contribution is 2.11. The van der Waals surface area contributed by atoms with Gasteiger partial charge < -0.3 is 10.2 Å². The molecular weight excluding hydrogens is 339 g/mol. The number of carbonyl (C=O) groups excluding carboxylic acids is 2. The number of carbonyl (C=O) groups is 2. The van der Waals surface area contributed by atoms with Crippen LogP contribution >= 0.6 is 11.8 Å². The average Bonchev–Trinajstić information content (AvgIpc) is 2.59. The van der Waals surface area contributed by atoms with E-state index in [2.05, 4.69) is 5.32 Å². The van der Waals surface area contributed by atoms with Gasteiger partial charge in [-0.05, 0) is 36.8 Å². The quantitative estimate of drug-likeness (QED) is 0.823. The van der Waals surface area contributed by atoms with Gasteiger partial charge in [-0.1, -0.05) is 29.8 Å². The molecule has 0 atom stereocenters. The predicted molar refractivity (Wildman–Crippen MR) is 100 cm³/mol. The Balaban J connectivity index is 1.71. The summed E-state index contributed by atoms with van der Waals surface area (Å²) in [7, 11) is 1.75. The van der Waals surface area contributed by atoms with Crippen molar-refractivity contribution in [1.82, 2.24) is 4.90 Å². The monoisotopic (exact) mass is 360 g/mol. The molecule has 0 radical (unpaired) electrons. The lowest BCUT2D eigenvalue weighted by Gasteiger charge is -2.17. The summed E-state index contributed by atoms with van der Waals surface area (Å²) in [5.41, 5.74) is 2.79. The average molecular weight is 360 g/mol. The van der Waals surface area contributed by atoms with Gasteiger partial charge in [0.05, 0.1) is 11.5 Å². The van der Waals surface area contributed by atoms with Crippen LogP contribution in [0, 0.1) is 12.7 Å². The maximum absolute atomic E-state index is 12.8. The van der Waals surface area contributed by atoms with E-state index in [0.717, 1.165) is 5.56 Å². The number of hydrogen-bond donors (Lipinski definition) is 1. The first-order valence-corrected chi connectivity index (χ1v) is 9.02. The van der Waals surface area contributed by atoms with Crippen molar-refractivity contribution < 1.29 is 14.0 Å². The molecule has 0 aromatic heterocycles. The fraction of sp³-hybridized carbons (Fsp3) is 0.263. The van der Waals surface area contributed by atoms with Gasteiger partial charge in [-0.15, -0.1) is 11.8 Å². The summed E-state index contributed by atoms with van der Waals surface area (Å²) in [6.45, 7) is 2.56. The van der Waals surface area contributed by atoms with E-state index in [4.69, 9.17) is 0 Å². The van der Waals surface area contributed by atoms with Crippen LogP contribution in [-0.4, -0.2) is 35.3 Å². The summed E-state index contributed by atoms with van der Waals surface area (Å²) >= 11 is 1.26. The fourth-order valence-corrected chi connectivity index (χ4v) is 2.88. The van der Waals surface area contributed by atoms with E-state index >= 15 is 0 Å². The SMILES string of the molecule is Cc1ccc(CN(C)C(=O)CSCC(=O)Nc2ccc(F)cc2)cc1. The Hall–Kier alpha value is -2.34. The Labute approximate surface area is 151 Å². The van der Waals surface area contributed by atoms with Crippen molar-refractivity contribution in [3.05, 3.63) is 65.5 Å². The number of hydrogen-bond acceptors (Lipinski definition) is 3. The van der Waals surface area contributed by atoms with Crippen molar-refractivity contribution in [3.8, 4) is 0 Å². The van der Waals surface area contributed by atoms with Crippen molar-refractivity contribution >= 4 is 29.3 Å². The minimum Gasteiger partial charge on any atom is -0.341 e. The van der Waals surface area contributed by atoms with Gasteiger partial charge in [-0.25, -0.2) is 4.39 Å². The summed E-state index contributed by atoms with van der Waals surface area (Å²) in [4.78, 5) is 25.6. The maximum atomic E-state index is 12.8. The normalized spacial score (nSPS) is 10.4. The third kappa shape index (κ3) is 6.58. The molecule has 2 aromatic carbocycles. The Bertz CT molecular complexity index is 717. The molecule has 0 saturated heterocycles. The van der Waals surface area contributed by atoms with Crippen LogP contribution in [0.4, 0.5) is 10.1 Å². The van der Waals surface area contributed by atoms with Crippen molar-refractivity contribution in [1.29, 1.82) is 0 Å². The van der Waals surface area contributed by atoms with E-state index in [9.17, 15) is 14.0 Å². The van der Waals surface area contributed by atoms with Crippen LogP contribution in [0.5, 0.6) is 0 Å². The van der Waals surface area contributed by atoms with Crippen molar-refractivity contribution in [2.24, 2.45) is 0 Å². The molecule has 132 valence electrons. The largest absolute Gasteiger partial charge is 0.341 e. The fourth-order valence-electron chi connectivity index (χ4n) is 2.13. The van der Waals surface area contributed by atoms with E-state index in [1.807, 2.05) is 31.2 Å². The van der Waals surface area contributed by atoms with E-state index in [-0.39, 0.29) is 29.1 Å². The van der Waals surface area contributed by atoms with E-state index in [1.54, 1.807) is 11.9 Å². The minimum atomic E-state index is -0.352. The smallest absolute Gasteiger partial charge is 0.234 e. The first kappa shape index (κ1) is 19.0. The number of aryl methyl sites for hydroxylation is 1. The predicted octanol–water partition coefficient (Wildman–Crippen LogP) is 3.46. The number of nitrogens with zero attached hydrogens (tertiary/aromatic N) is 1. The lowest BCUT2D eigenvalue weighted by molar-refractivity contribution is -0.127. The number of halogens is 1. The summed E-state index contributed by atoms with van der Waals surface area (Å²) in [5, 5.41) is 2.67. The first-order chi connectivity index (χ1) is 11.9. The number of amides is 2. The molecule has 0 aliphatic heterocycles. The first-order valence-electron chi connectivity index (χ1n) is 7.87. The lowest BCUT2D eigenvalue weighted by atomic mass is 10.1. The Morgan fingerprint density at radius 2 is 1.68 bits per heavy atom. The highest BCUT2D eigenvalue weighted by atomic mass is 32.2. The number of anilines is 1. The van der Waals surface area contributed by atoms with Crippen LogP contribution in [-0.2, 0) is 16.1 Å². The summed E-state index contributed by atoms with van der Waals surface area (Å²) < 4.78 is 12.8. The van der Waals surface area contributed by atoms with Crippen LogP contribution in [0.3, 0.4) is 0 Å². The highest BCUT2D eigenvalue weighted by Gasteiger charge is 2.11. The Kier molecular flexibility index (Phi) is 7.01.